The molecule has 2 atom stereocenters. The van der Waals surface area contributed by atoms with Crippen LogP contribution in [0.25, 0.3) is 11.4 Å². The van der Waals surface area contributed by atoms with Gasteiger partial charge >= 0.3 is 0 Å². The number of carbonyl (C=O) groups is 2. The molecule has 4 N–H and O–H groups in total. The molecule has 0 aliphatic heterocycles. The Hall–Kier alpha value is -3.85. The minimum atomic E-state index is -0.379. The molecule has 1 aliphatic carbocycles. The lowest BCUT2D eigenvalue weighted by molar-refractivity contribution is -0.126. The van der Waals surface area contributed by atoms with Crippen LogP contribution in [-0.4, -0.2) is 40.7 Å². The van der Waals surface area contributed by atoms with Crippen molar-refractivity contribution in [1.82, 2.24) is 25.8 Å². The van der Waals surface area contributed by atoms with E-state index in [4.69, 9.17) is 21.3 Å². The molecular weight excluding hydrogens is 504 g/mol. The third-order valence-electron chi connectivity index (χ3n) is 6.67. The maximum atomic E-state index is 13.3. The van der Waals surface area contributed by atoms with Crippen molar-refractivity contribution in [2.75, 3.05) is 19.0 Å². The lowest BCUT2D eigenvalue weighted by atomic mass is 9.80. The van der Waals surface area contributed by atoms with Crippen LogP contribution in [0, 0.1) is 5.92 Å². The van der Waals surface area contributed by atoms with Gasteiger partial charge in [0, 0.05) is 35.3 Å². The number of nitrogens with one attached hydrogen (secondary N) is 4. The highest BCUT2D eigenvalue weighted by Crippen LogP contribution is 2.37. The monoisotopic (exact) mass is 536 g/mol. The van der Waals surface area contributed by atoms with Crippen molar-refractivity contribution in [2.24, 2.45) is 5.92 Å². The van der Waals surface area contributed by atoms with E-state index in [1.165, 1.54) is 0 Å². The molecule has 0 radical (unpaired) electrons. The summed E-state index contributed by atoms with van der Waals surface area (Å²) in [5.41, 5.74) is 2.15. The van der Waals surface area contributed by atoms with Crippen LogP contribution in [-0.2, 0) is 9.59 Å². The molecule has 1 fully saturated rings. The van der Waals surface area contributed by atoms with E-state index < -0.39 is 0 Å². The molecule has 2 unspecified atom stereocenters. The second-order valence-electron chi connectivity index (χ2n) is 9.24. The highest BCUT2D eigenvalue weighted by atomic mass is 35.5. The summed E-state index contributed by atoms with van der Waals surface area (Å²) in [4.78, 5) is 31.0. The first kappa shape index (κ1) is 27.2. The highest BCUT2D eigenvalue weighted by molar-refractivity contribution is 6.30. The zero-order valence-corrected chi connectivity index (χ0v) is 22.6. The molecule has 9 nitrogen and oxygen atoms in total. The van der Waals surface area contributed by atoms with Crippen molar-refractivity contribution in [3.63, 3.8) is 0 Å². The zero-order chi connectivity index (χ0) is 27.1. The number of allylic oxidation sites excluding steroid dienone is 1. The van der Waals surface area contributed by atoms with E-state index in [2.05, 4.69) is 26.1 Å². The molecule has 3 aromatic rings. The number of para-hydroxylation sites is 1. The Morgan fingerprint density at radius 1 is 1.16 bits per heavy atom. The number of hydrogen-bond donors (Lipinski definition) is 4. The molecule has 10 heteroatoms. The molecule has 1 saturated carbocycles. The van der Waals surface area contributed by atoms with E-state index >= 15 is 0 Å². The molecule has 2 amide bonds. The van der Waals surface area contributed by atoms with Gasteiger partial charge in [0.2, 0.25) is 5.91 Å². The van der Waals surface area contributed by atoms with Crippen molar-refractivity contribution in [2.45, 2.75) is 45.4 Å². The third kappa shape index (κ3) is 6.52. The number of halogens is 1. The Labute approximate surface area is 227 Å². The minimum Gasteiger partial charge on any atom is -0.493 e. The van der Waals surface area contributed by atoms with Crippen LogP contribution in [0.4, 0.5) is 5.69 Å². The van der Waals surface area contributed by atoms with Crippen LogP contribution in [0.3, 0.4) is 0 Å². The highest BCUT2D eigenvalue weighted by Gasteiger charge is 2.31. The zero-order valence-electron chi connectivity index (χ0n) is 21.8. The summed E-state index contributed by atoms with van der Waals surface area (Å²) < 4.78 is 5.72. The van der Waals surface area contributed by atoms with E-state index in [0.717, 1.165) is 25.1 Å². The van der Waals surface area contributed by atoms with Gasteiger partial charge in [-0.2, -0.15) is 5.10 Å². The first-order valence-corrected chi connectivity index (χ1v) is 13.2. The molecule has 38 heavy (non-hydrogen) atoms. The molecule has 0 bridgehead atoms. The summed E-state index contributed by atoms with van der Waals surface area (Å²) in [7, 11) is 1.71. The first-order valence-electron chi connectivity index (χ1n) is 12.8. The summed E-state index contributed by atoms with van der Waals surface area (Å²) in [6.45, 7) is 4.18. The van der Waals surface area contributed by atoms with Crippen LogP contribution >= 0.6 is 11.6 Å². The van der Waals surface area contributed by atoms with Gasteiger partial charge in [-0.3, -0.25) is 14.7 Å². The summed E-state index contributed by atoms with van der Waals surface area (Å²) in [6, 6.07) is 14.5. The molecule has 0 saturated heterocycles. The number of benzene rings is 2. The van der Waals surface area contributed by atoms with Crippen LogP contribution in [0.5, 0.6) is 5.75 Å². The molecular formula is C28H33ClN6O3. The predicted octanol–water partition coefficient (Wildman–Crippen LogP) is 5.00. The fraction of sp³-hybridized carbons (Fsp3) is 0.357. The van der Waals surface area contributed by atoms with E-state index in [1.807, 2.05) is 31.2 Å². The largest absolute Gasteiger partial charge is 0.493 e. The van der Waals surface area contributed by atoms with E-state index in [9.17, 15) is 9.59 Å². The smallest absolute Gasteiger partial charge is 0.273 e. The van der Waals surface area contributed by atoms with Gasteiger partial charge in [0.1, 0.15) is 17.3 Å². The molecule has 1 aliphatic rings. The first-order chi connectivity index (χ1) is 18.4. The lowest BCUT2D eigenvalue weighted by Gasteiger charge is -2.27. The van der Waals surface area contributed by atoms with E-state index in [1.54, 1.807) is 38.2 Å². The Morgan fingerprint density at radius 2 is 1.95 bits per heavy atom. The topological polar surface area (TPSA) is 121 Å². The second-order valence-corrected chi connectivity index (χ2v) is 9.67. The van der Waals surface area contributed by atoms with Crippen LogP contribution in [0.15, 0.2) is 59.9 Å². The Morgan fingerprint density at radius 3 is 2.68 bits per heavy atom. The van der Waals surface area contributed by atoms with Gasteiger partial charge in [0.05, 0.1) is 12.2 Å². The predicted molar refractivity (Wildman–Crippen MR) is 148 cm³/mol. The lowest BCUT2D eigenvalue weighted by Crippen LogP contribution is -2.38. The number of amides is 2. The SMILES string of the molecule is CCOc1ccc(Cl)cc1-c1n[nH]c(C2CCCC(C(=O)N/C(C(=O)Nc3ccccc3)=C(\C)NC)C2)n1. The number of nitrogens with zero attached hydrogens (tertiary/aromatic N) is 2. The van der Waals surface area contributed by atoms with Gasteiger partial charge in [-0.1, -0.05) is 36.2 Å². The van der Waals surface area contributed by atoms with Crippen LogP contribution in [0.2, 0.25) is 5.02 Å². The van der Waals surface area contributed by atoms with Crippen molar-refractivity contribution >= 4 is 29.1 Å². The van der Waals surface area contributed by atoms with E-state index in [0.29, 0.717) is 46.6 Å². The summed E-state index contributed by atoms with van der Waals surface area (Å²) in [6.07, 6.45) is 3.08. The fourth-order valence-corrected chi connectivity index (χ4v) is 4.77. The van der Waals surface area contributed by atoms with Gasteiger partial charge in [0.25, 0.3) is 5.91 Å². The number of anilines is 1. The average molecular weight is 537 g/mol. The standard InChI is InChI=1S/C28H33ClN6O3/c1-4-38-23-14-13-20(29)16-22(23)26-33-25(34-35-26)18-9-8-10-19(15-18)27(36)32-24(17(2)30-3)28(37)31-21-11-6-5-7-12-21/h5-7,11-14,16,18-19,30H,4,8-10,15H2,1-3H3,(H,31,37)(H,32,36)(H,33,34,35)/b24-17+. The maximum Gasteiger partial charge on any atom is 0.273 e. The molecule has 0 spiro atoms. The van der Waals surface area contributed by atoms with Crippen molar-refractivity contribution in [3.8, 4) is 17.1 Å². The third-order valence-corrected chi connectivity index (χ3v) is 6.91. The fourth-order valence-electron chi connectivity index (χ4n) is 4.60. The Kier molecular flexibility index (Phi) is 9.02. The van der Waals surface area contributed by atoms with E-state index in [-0.39, 0.29) is 29.3 Å². The summed E-state index contributed by atoms with van der Waals surface area (Å²) in [5.74, 6) is 1.10. The van der Waals surface area contributed by atoms with Crippen molar-refractivity contribution < 1.29 is 14.3 Å². The van der Waals surface area contributed by atoms with Gasteiger partial charge in [-0.05, 0) is 63.4 Å². The summed E-state index contributed by atoms with van der Waals surface area (Å²) in [5, 5.41) is 16.7. The molecule has 4 rings (SSSR count). The number of ether oxygens (including phenoxy) is 1. The number of aromatic amines is 1. The van der Waals surface area contributed by atoms with Crippen molar-refractivity contribution in [3.05, 3.63) is 70.8 Å². The normalized spacial score (nSPS) is 17.8. The van der Waals surface area contributed by atoms with Gasteiger partial charge in [-0.15, -0.1) is 0 Å². The quantitative estimate of drug-likeness (QED) is 0.285. The Bertz CT molecular complexity index is 1310. The molecule has 1 heterocycles. The van der Waals surface area contributed by atoms with Gasteiger partial charge in [-0.25, -0.2) is 4.98 Å². The maximum absolute atomic E-state index is 13.3. The minimum absolute atomic E-state index is 0.0337. The Balaban J connectivity index is 1.46. The molecule has 2 aromatic carbocycles. The number of hydrogen-bond acceptors (Lipinski definition) is 6. The second kappa shape index (κ2) is 12.6. The number of aromatic nitrogens is 3. The van der Waals surface area contributed by atoms with Crippen molar-refractivity contribution in [1.29, 1.82) is 0 Å². The van der Waals surface area contributed by atoms with Crippen LogP contribution in [0.1, 0.15) is 51.3 Å². The van der Waals surface area contributed by atoms with Gasteiger partial charge in [0.15, 0.2) is 5.82 Å². The average Bonchev–Trinajstić information content (AvgIpc) is 3.43. The van der Waals surface area contributed by atoms with Crippen LogP contribution < -0.4 is 20.7 Å². The molecule has 200 valence electrons. The number of rotatable bonds is 9. The number of H-pyrrole nitrogens is 1. The number of carbonyl (C=O) groups excluding carboxylic acids is 2. The summed E-state index contributed by atoms with van der Waals surface area (Å²) >= 11 is 6.22. The van der Waals surface area contributed by atoms with Gasteiger partial charge < -0.3 is 20.7 Å². The molecule has 1 aromatic heterocycles.